The van der Waals surface area contributed by atoms with Crippen molar-refractivity contribution in [2.45, 2.75) is 40.7 Å². The molecular formula is C14H22N2O3. The summed E-state index contributed by atoms with van der Waals surface area (Å²) in [7, 11) is 1.74. The Hall–Kier alpha value is -1.78. The van der Waals surface area contributed by atoms with E-state index in [1.165, 1.54) is 0 Å². The largest absolute Gasteiger partial charge is 0.462 e. The van der Waals surface area contributed by atoms with Crippen molar-refractivity contribution in [2.24, 2.45) is 0 Å². The molecule has 0 spiro atoms. The van der Waals surface area contributed by atoms with Gasteiger partial charge in [0.05, 0.1) is 12.2 Å². The molecule has 0 unspecified atom stereocenters. The van der Waals surface area contributed by atoms with E-state index in [-0.39, 0.29) is 17.9 Å². The van der Waals surface area contributed by atoms with Gasteiger partial charge < -0.3 is 14.6 Å². The number of hydrogen-bond donors (Lipinski definition) is 1. The predicted molar refractivity (Wildman–Crippen MR) is 73.5 cm³/mol. The lowest BCUT2D eigenvalue weighted by Crippen LogP contribution is -2.33. The van der Waals surface area contributed by atoms with Crippen LogP contribution in [0.5, 0.6) is 0 Å². The van der Waals surface area contributed by atoms with Crippen molar-refractivity contribution in [3.05, 3.63) is 22.5 Å². The zero-order chi connectivity index (χ0) is 14.7. The topological polar surface area (TPSA) is 62.4 Å². The van der Waals surface area contributed by atoms with Gasteiger partial charge in [-0.05, 0) is 40.2 Å². The molecule has 0 radical (unpaired) electrons. The number of esters is 1. The average molecular weight is 266 g/mol. The lowest BCUT2D eigenvalue weighted by molar-refractivity contribution is 0.0525. The second-order valence-electron chi connectivity index (χ2n) is 4.86. The highest BCUT2D eigenvalue weighted by atomic mass is 16.5. The molecule has 5 heteroatoms. The monoisotopic (exact) mass is 266 g/mol. The summed E-state index contributed by atoms with van der Waals surface area (Å²) in [5.74, 6) is -0.508. The number of amides is 1. The van der Waals surface area contributed by atoms with Gasteiger partial charge in [-0.15, -0.1) is 0 Å². The van der Waals surface area contributed by atoms with Crippen LogP contribution in [0.3, 0.4) is 0 Å². The maximum Gasteiger partial charge on any atom is 0.340 e. The Kier molecular flexibility index (Phi) is 4.75. The van der Waals surface area contributed by atoms with Crippen molar-refractivity contribution in [2.75, 3.05) is 13.7 Å². The van der Waals surface area contributed by atoms with Crippen LogP contribution < -0.4 is 0 Å². The molecule has 0 bridgehead atoms. The first-order chi connectivity index (χ1) is 8.81. The van der Waals surface area contributed by atoms with Gasteiger partial charge in [0, 0.05) is 18.8 Å². The number of ether oxygens (including phenoxy) is 1. The molecule has 0 aliphatic carbocycles. The van der Waals surface area contributed by atoms with Crippen LogP contribution in [0.15, 0.2) is 0 Å². The van der Waals surface area contributed by atoms with Crippen LogP contribution in [-0.4, -0.2) is 41.5 Å². The number of hydrogen-bond acceptors (Lipinski definition) is 3. The predicted octanol–water partition coefficient (Wildman–Crippen LogP) is 2.29. The third-order valence-corrected chi connectivity index (χ3v) is 3.23. The fourth-order valence-corrected chi connectivity index (χ4v) is 1.88. The Labute approximate surface area is 113 Å². The van der Waals surface area contributed by atoms with Gasteiger partial charge in [-0.3, -0.25) is 4.79 Å². The quantitative estimate of drug-likeness (QED) is 0.850. The fourth-order valence-electron chi connectivity index (χ4n) is 1.88. The van der Waals surface area contributed by atoms with Crippen LogP contribution in [0, 0.1) is 13.8 Å². The highest BCUT2D eigenvalue weighted by Crippen LogP contribution is 2.20. The molecule has 106 valence electrons. The van der Waals surface area contributed by atoms with Crippen molar-refractivity contribution in [1.29, 1.82) is 0 Å². The minimum atomic E-state index is -0.389. The first kappa shape index (κ1) is 15.3. The number of rotatable bonds is 4. The number of aryl methyl sites for hydroxylation is 1. The molecule has 1 amide bonds. The second-order valence-corrected chi connectivity index (χ2v) is 4.86. The minimum Gasteiger partial charge on any atom is -0.462 e. The van der Waals surface area contributed by atoms with E-state index >= 15 is 0 Å². The van der Waals surface area contributed by atoms with E-state index in [1.807, 2.05) is 13.8 Å². The molecule has 1 aromatic heterocycles. The SMILES string of the molecule is CCOC(=O)c1c(C)[nH]c(C(=O)N(C)C(C)C)c1C. The Morgan fingerprint density at radius 1 is 1.32 bits per heavy atom. The molecule has 0 atom stereocenters. The van der Waals surface area contributed by atoms with E-state index in [1.54, 1.807) is 32.7 Å². The molecule has 1 heterocycles. The van der Waals surface area contributed by atoms with E-state index < -0.39 is 0 Å². The smallest absolute Gasteiger partial charge is 0.340 e. The first-order valence-electron chi connectivity index (χ1n) is 6.44. The number of nitrogens with zero attached hydrogens (tertiary/aromatic N) is 1. The maximum absolute atomic E-state index is 12.3. The summed E-state index contributed by atoms with van der Waals surface area (Å²) >= 11 is 0. The van der Waals surface area contributed by atoms with Crippen LogP contribution in [0.2, 0.25) is 0 Å². The molecular weight excluding hydrogens is 244 g/mol. The highest BCUT2D eigenvalue weighted by molar-refractivity contribution is 6.00. The lowest BCUT2D eigenvalue weighted by Gasteiger charge is -2.21. The molecule has 1 rings (SSSR count). The van der Waals surface area contributed by atoms with Crippen LogP contribution in [-0.2, 0) is 4.74 Å². The van der Waals surface area contributed by atoms with Crippen molar-refractivity contribution in [1.82, 2.24) is 9.88 Å². The minimum absolute atomic E-state index is 0.0987. The van der Waals surface area contributed by atoms with E-state index in [4.69, 9.17) is 4.74 Å². The van der Waals surface area contributed by atoms with E-state index in [2.05, 4.69) is 4.98 Å². The molecule has 19 heavy (non-hydrogen) atoms. The van der Waals surface area contributed by atoms with E-state index in [9.17, 15) is 9.59 Å². The second kappa shape index (κ2) is 5.91. The summed E-state index contributed by atoms with van der Waals surface area (Å²) in [6.45, 7) is 9.49. The van der Waals surface area contributed by atoms with Gasteiger partial charge in [0.2, 0.25) is 0 Å². The lowest BCUT2D eigenvalue weighted by atomic mass is 10.1. The Morgan fingerprint density at radius 3 is 2.37 bits per heavy atom. The maximum atomic E-state index is 12.3. The van der Waals surface area contributed by atoms with Gasteiger partial charge in [-0.25, -0.2) is 4.79 Å². The van der Waals surface area contributed by atoms with Gasteiger partial charge in [0.15, 0.2) is 0 Å². The number of carbonyl (C=O) groups excluding carboxylic acids is 2. The van der Waals surface area contributed by atoms with E-state index in [0.29, 0.717) is 29.1 Å². The number of aromatic nitrogens is 1. The molecule has 0 saturated carbocycles. The van der Waals surface area contributed by atoms with Crippen LogP contribution in [0.1, 0.15) is 52.9 Å². The van der Waals surface area contributed by atoms with Crippen molar-refractivity contribution < 1.29 is 14.3 Å². The van der Waals surface area contributed by atoms with Crippen molar-refractivity contribution in [3.63, 3.8) is 0 Å². The van der Waals surface area contributed by atoms with Gasteiger partial charge in [-0.1, -0.05) is 0 Å². The number of carbonyl (C=O) groups is 2. The van der Waals surface area contributed by atoms with Crippen LogP contribution in [0.25, 0.3) is 0 Å². The third kappa shape index (κ3) is 2.97. The Balaban J connectivity index is 3.16. The summed E-state index contributed by atoms with van der Waals surface area (Å²) in [5, 5.41) is 0. The molecule has 5 nitrogen and oxygen atoms in total. The molecule has 1 N–H and O–H groups in total. The van der Waals surface area contributed by atoms with E-state index in [0.717, 1.165) is 0 Å². The first-order valence-corrected chi connectivity index (χ1v) is 6.44. The summed E-state index contributed by atoms with van der Waals surface area (Å²) in [6.07, 6.45) is 0. The number of aromatic amines is 1. The van der Waals surface area contributed by atoms with Gasteiger partial charge in [-0.2, -0.15) is 0 Å². The number of H-pyrrole nitrogens is 1. The molecule has 1 aromatic rings. The van der Waals surface area contributed by atoms with Gasteiger partial charge in [0.25, 0.3) is 5.91 Å². The Morgan fingerprint density at radius 2 is 1.89 bits per heavy atom. The summed E-state index contributed by atoms with van der Waals surface area (Å²) in [6, 6.07) is 0.0987. The molecule has 0 aliphatic heterocycles. The molecule has 0 aliphatic rings. The van der Waals surface area contributed by atoms with Crippen molar-refractivity contribution in [3.8, 4) is 0 Å². The summed E-state index contributed by atoms with van der Waals surface area (Å²) < 4.78 is 5.01. The summed E-state index contributed by atoms with van der Waals surface area (Å²) in [5.41, 5.74) is 2.23. The molecule has 0 saturated heterocycles. The Bertz CT molecular complexity index is 489. The van der Waals surface area contributed by atoms with Crippen molar-refractivity contribution >= 4 is 11.9 Å². The fraction of sp³-hybridized carbons (Fsp3) is 0.571. The zero-order valence-electron chi connectivity index (χ0n) is 12.5. The third-order valence-electron chi connectivity index (χ3n) is 3.23. The zero-order valence-corrected chi connectivity index (χ0v) is 12.5. The highest BCUT2D eigenvalue weighted by Gasteiger charge is 2.25. The normalized spacial score (nSPS) is 10.7. The average Bonchev–Trinajstić information content (AvgIpc) is 2.63. The van der Waals surface area contributed by atoms with Crippen LogP contribution in [0.4, 0.5) is 0 Å². The molecule has 0 aromatic carbocycles. The van der Waals surface area contributed by atoms with Gasteiger partial charge in [0.1, 0.15) is 5.69 Å². The number of nitrogens with one attached hydrogen (secondary N) is 1. The standard InChI is InChI=1S/C14H22N2O3/c1-7-19-14(18)11-9(4)12(15-10(11)5)13(17)16(6)8(2)3/h8,15H,7H2,1-6H3. The summed E-state index contributed by atoms with van der Waals surface area (Å²) in [4.78, 5) is 28.8. The van der Waals surface area contributed by atoms with Crippen LogP contribution >= 0.6 is 0 Å². The molecule has 0 fully saturated rings. The van der Waals surface area contributed by atoms with Gasteiger partial charge >= 0.3 is 5.97 Å².